The van der Waals surface area contributed by atoms with Crippen molar-refractivity contribution in [3.8, 4) is 0 Å². The molecule has 0 aromatic carbocycles. The molecule has 11 heteroatoms. The van der Waals surface area contributed by atoms with Gasteiger partial charge in [-0.15, -0.1) is 0 Å². The van der Waals surface area contributed by atoms with E-state index < -0.39 is 12.3 Å². The highest BCUT2D eigenvalue weighted by Gasteiger charge is 2.17. The Morgan fingerprint density at radius 1 is 1.03 bits per heavy atom. The van der Waals surface area contributed by atoms with Crippen LogP contribution in [0.15, 0.2) is 0 Å². The van der Waals surface area contributed by atoms with Crippen LogP contribution in [0, 0.1) is 0 Å². The van der Waals surface area contributed by atoms with Crippen molar-refractivity contribution < 1.29 is 38.4 Å². The number of amides is 2. The molecule has 31 heavy (non-hydrogen) atoms. The summed E-state index contributed by atoms with van der Waals surface area (Å²) in [6, 6.07) is 0. The summed E-state index contributed by atoms with van der Waals surface area (Å²) in [4.78, 5) is 34.8. The highest BCUT2D eigenvalue weighted by atomic mass is 32.2. The monoisotopic (exact) mass is 466 g/mol. The van der Waals surface area contributed by atoms with E-state index in [1.165, 1.54) is 18.9 Å². The van der Waals surface area contributed by atoms with Crippen molar-refractivity contribution in [3.63, 3.8) is 0 Å². The Morgan fingerprint density at radius 3 is 2.23 bits per heavy atom. The molecule has 0 aromatic rings. The third-order valence-electron chi connectivity index (χ3n) is 4.05. The van der Waals surface area contributed by atoms with E-state index in [-0.39, 0.29) is 44.0 Å². The van der Waals surface area contributed by atoms with E-state index >= 15 is 0 Å². The van der Waals surface area contributed by atoms with Crippen molar-refractivity contribution in [3.05, 3.63) is 0 Å². The summed E-state index contributed by atoms with van der Waals surface area (Å²) in [5, 5.41) is 14.6. The lowest BCUT2D eigenvalue weighted by atomic mass is 10.3. The summed E-state index contributed by atoms with van der Waals surface area (Å²) in [5.41, 5.74) is 0. The molecule has 0 heterocycles. The third-order valence-corrected chi connectivity index (χ3v) is 4.60. The van der Waals surface area contributed by atoms with Gasteiger partial charge in [0.25, 0.3) is 0 Å². The van der Waals surface area contributed by atoms with Crippen molar-refractivity contribution in [1.29, 1.82) is 0 Å². The molecule has 0 saturated heterocycles. The molecule has 2 atom stereocenters. The van der Waals surface area contributed by atoms with E-state index in [1.54, 1.807) is 0 Å². The maximum atomic E-state index is 11.8. The zero-order chi connectivity index (χ0) is 23.3. The first-order valence-electron chi connectivity index (χ1n) is 10.5. The number of hydrogen-bond acceptors (Lipinski definition) is 9. The summed E-state index contributed by atoms with van der Waals surface area (Å²) in [6.45, 7) is 3.70. The Morgan fingerprint density at radius 2 is 1.68 bits per heavy atom. The highest BCUT2D eigenvalue weighted by Crippen LogP contribution is 2.05. The van der Waals surface area contributed by atoms with Gasteiger partial charge in [0.15, 0.2) is 6.29 Å². The second kappa shape index (κ2) is 20.5. The number of hydrogen-bond donors (Lipinski definition) is 3. The number of esters is 1. The van der Waals surface area contributed by atoms with Crippen LogP contribution in [-0.4, -0.2) is 93.9 Å². The van der Waals surface area contributed by atoms with Crippen molar-refractivity contribution in [1.82, 2.24) is 10.6 Å². The molecule has 0 radical (unpaired) electrons. The van der Waals surface area contributed by atoms with E-state index in [0.717, 1.165) is 6.42 Å². The first-order chi connectivity index (χ1) is 15.0. The van der Waals surface area contributed by atoms with Crippen LogP contribution < -0.4 is 10.6 Å². The largest absolute Gasteiger partial charge is 0.460 e. The molecular formula is C20H38N2O8S. The number of methoxy groups -OCH3 is 1. The Bertz CT molecular complexity index is 492. The SMILES string of the molecule is CCC(CO)OC(COC(=O)CCC(=O)NCCCOCCCNC(=O)CSC)OC. The lowest BCUT2D eigenvalue weighted by Gasteiger charge is -2.21. The molecule has 0 aliphatic heterocycles. The highest BCUT2D eigenvalue weighted by molar-refractivity contribution is 7.99. The molecule has 2 unspecified atom stereocenters. The maximum Gasteiger partial charge on any atom is 0.306 e. The smallest absolute Gasteiger partial charge is 0.306 e. The molecule has 0 aliphatic carbocycles. The topological polar surface area (TPSA) is 132 Å². The number of carbonyl (C=O) groups excluding carboxylic acids is 3. The van der Waals surface area contributed by atoms with Crippen LogP contribution >= 0.6 is 11.8 Å². The van der Waals surface area contributed by atoms with Gasteiger partial charge < -0.3 is 34.7 Å². The van der Waals surface area contributed by atoms with Gasteiger partial charge in [0, 0.05) is 39.8 Å². The molecule has 0 aromatic heterocycles. The molecule has 3 N–H and O–H groups in total. The number of aliphatic hydroxyl groups excluding tert-OH is 1. The van der Waals surface area contributed by atoms with Crippen LogP contribution in [0.1, 0.15) is 39.0 Å². The van der Waals surface area contributed by atoms with Gasteiger partial charge in [-0.05, 0) is 25.5 Å². The van der Waals surface area contributed by atoms with Gasteiger partial charge in [-0.1, -0.05) is 6.92 Å². The lowest BCUT2D eigenvalue weighted by Crippen LogP contribution is -2.31. The first kappa shape index (κ1) is 29.6. The summed E-state index contributed by atoms with van der Waals surface area (Å²) >= 11 is 1.48. The Balaban J connectivity index is 3.65. The number of nitrogens with one attached hydrogen (secondary N) is 2. The maximum absolute atomic E-state index is 11.8. The Kier molecular flexibility index (Phi) is 19.6. The zero-order valence-electron chi connectivity index (χ0n) is 18.9. The van der Waals surface area contributed by atoms with Gasteiger partial charge in [-0.25, -0.2) is 0 Å². The van der Waals surface area contributed by atoms with Crippen molar-refractivity contribution >= 4 is 29.5 Å². The molecule has 0 rings (SSSR count). The lowest BCUT2D eigenvalue weighted by molar-refractivity contribution is -0.194. The normalized spacial score (nSPS) is 12.8. The molecular weight excluding hydrogens is 428 g/mol. The quantitative estimate of drug-likeness (QED) is 0.133. The van der Waals surface area contributed by atoms with E-state index in [1.807, 2.05) is 13.2 Å². The van der Waals surface area contributed by atoms with E-state index in [4.69, 9.17) is 24.1 Å². The van der Waals surface area contributed by atoms with Crippen LogP contribution in [-0.2, 0) is 33.3 Å². The second-order valence-corrected chi connectivity index (χ2v) is 7.52. The Labute approximate surface area is 189 Å². The van der Waals surface area contributed by atoms with Crippen LogP contribution in [0.5, 0.6) is 0 Å². The summed E-state index contributed by atoms with van der Waals surface area (Å²) in [5.74, 6) is -0.271. The van der Waals surface area contributed by atoms with E-state index in [2.05, 4.69) is 10.6 Å². The predicted octanol–water partition coefficient (Wildman–Crippen LogP) is 0.462. The minimum absolute atomic E-state index is 0.0257. The number of aliphatic hydroxyl groups is 1. The molecule has 0 spiro atoms. The molecule has 2 amide bonds. The summed E-state index contributed by atoms with van der Waals surface area (Å²) in [7, 11) is 1.42. The number of rotatable bonds is 20. The predicted molar refractivity (Wildman–Crippen MR) is 118 cm³/mol. The van der Waals surface area contributed by atoms with E-state index in [0.29, 0.717) is 44.9 Å². The average molecular weight is 467 g/mol. The molecule has 0 saturated carbocycles. The number of carbonyl (C=O) groups is 3. The fourth-order valence-corrected chi connectivity index (χ4v) is 2.64. The first-order valence-corrected chi connectivity index (χ1v) is 11.9. The van der Waals surface area contributed by atoms with Gasteiger partial charge in [0.05, 0.1) is 24.9 Å². The minimum atomic E-state index is -0.763. The van der Waals surface area contributed by atoms with Gasteiger partial charge >= 0.3 is 5.97 Å². The standard InChI is InChI=1S/C20H38N2O8S/c1-4-16(13-23)30-20(27-2)14-29-19(26)8-7-17(24)21-9-5-11-28-12-6-10-22-18(25)15-31-3/h16,20,23H,4-15H2,1-3H3,(H,21,24)(H,22,25). The van der Waals surface area contributed by atoms with Crippen molar-refractivity contribution in [2.24, 2.45) is 0 Å². The van der Waals surface area contributed by atoms with Gasteiger partial charge in [-0.3, -0.25) is 14.4 Å². The molecule has 10 nitrogen and oxygen atoms in total. The molecule has 0 aliphatic rings. The van der Waals surface area contributed by atoms with Crippen molar-refractivity contribution in [2.75, 3.05) is 58.6 Å². The van der Waals surface area contributed by atoms with Crippen LogP contribution in [0.2, 0.25) is 0 Å². The summed E-state index contributed by atoms with van der Waals surface area (Å²) < 4.78 is 21.0. The number of thioether (sulfide) groups is 1. The van der Waals surface area contributed by atoms with Crippen LogP contribution in [0.25, 0.3) is 0 Å². The van der Waals surface area contributed by atoms with Gasteiger partial charge in [0.1, 0.15) is 6.61 Å². The molecule has 182 valence electrons. The summed E-state index contributed by atoms with van der Waals surface area (Å²) in [6.07, 6.45) is 2.72. The minimum Gasteiger partial charge on any atom is -0.460 e. The third kappa shape index (κ3) is 17.9. The average Bonchev–Trinajstić information content (AvgIpc) is 2.77. The zero-order valence-corrected chi connectivity index (χ0v) is 19.7. The fourth-order valence-electron chi connectivity index (χ4n) is 2.27. The molecule has 0 bridgehead atoms. The second-order valence-electron chi connectivity index (χ2n) is 6.65. The van der Waals surface area contributed by atoms with Gasteiger partial charge in [-0.2, -0.15) is 11.8 Å². The fraction of sp³-hybridized carbons (Fsp3) is 0.850. The van der Waals surface area contributed by atoms with Crippen LogP contribution in [0.3, 0.4) is 0 Å². The Hall–Kier alpha value is -1.40. The van der Waals surface area contributed by atoms with Crippen molar-refractivity contribution in [2.45, 2.75) is 51.4 Å². The van der Waals surface area contributed by atoms with Crippen LogP contribution in [0.4, 0.5) is 0 Å². The van der Waals surface area contributed by atoms with E-state index in [9.17, 15) is 14.4 Å². The number of ether oxygens (including phenoxy) is 4. The van der Waals surface area contributed by atoms with Gasteiger partial charge in [0.2, 0.25) is 11.8 Å². The molecule has 0 fully saturated rings.